The summed E-state index contributed by atoms with van der Waals surface area (Å²) in [6, 6.07) is 6.17. The van der Waals surface area contributed by atoms with Crippen LogP contribution in [0.4, 0.5) is 0 Å². The van der Waals surface area contributed by atoms with Gasteiger partial charge in [0, 0.05) is 0 Å². The Bertz CT molecular complexity index is 517. The van der Waals surface area contributed by atoms with E-state index >= 15 is 0 Å². The SMILES string of the molecule is O=C(O)c1ccccc1CO[C@@H]1O[C@H](CO)[C@@H](O)[C@H](O)[C@H]1O. The van der Waals surface area contributed by atoms with Gasteiger partial charge >= 0.3 is 5.97 Å². The number of hydrogen-bond donors (Lipinski definition) is 5. The highest BCUT2D eigenvalue weighted by Crippen LogP contribution is 2.23. The first-order valence-electron chi connectivity index (χ1n) is 6.69. The van der Waals surface area contributed by atoms with E-state index in [1.54, 1.807) is 18.2 Å². The molecular formula is C14H18O8. The number of aromatic carboxylic acids is 1. The van der Waals surface area contributed by atoms with Crippen LogP contribution in [0.15, 0.2) is 24.3 Å². The maximum atomic E-state index is 11.1. The number of carbonyl (C=O) groups is 1. The lowest BCUT2D eigenvalue weighted by Gasteiger charge is -2.39. The van der Waals surface area contributed by atoms with Crippen molar-refractivity contribution >= 4 is 5.97 Å². The largest absolute Gasteiger partial charge is 0.478 e. The Morgan fingerprint density at radius 2 is 1.82 bits per heavy atom. The quantitative estimate of drug-likeness (QED) is 0.452. The zero-order valence-corrected chi connectivity index (χ0v) is 11.6. The Labute approximate surface area is 126 Å². The van der Waals surface area contributed by atoms with E-state index in [4.69, 9.17) is 19.7 Å². The van der Waals surface area contributed by atoms with E-state index in [2.05, 4.69) is 0 Å². The highest BCUT2D eigenvalue weighted by atomic mass is 16.7. The van der Waals surface area contributed by atoms with Crippen molar-refractivity contribution in [3.05, 3.63) is 35.4 Å². The molecule has 0 unspecified atom stereocenters. The van der Waals surface area contributed by atoms with Crippen molar-refractivity contribution in [2.24, 2.45) is 0 Å². The number of benzene rings is 1. The Balaban J connectivity index is 2.06. The average molecular weight is 314 g/mol. The van der Waals surface area contributed by atoms with Crippen molar-refractivity contribution < 1.29 is 39.8 Å². The van der Waals surface area contributed by atoms with Crippen molar-refractivity contribution in [3.8, 4) is 0 Å². The molecule has 122 valence electrons. The maximum absolute atomic E-state index is 11.1. The molecule has 1 aliphatic heterocycles. The summed E-state index contributed by atoms with van der Waals surface area (Å²) < 4.78 is 10.5. The van der Waals surface area contributed by atoms with Gasteiger partial charge in [-0.15, -0.1) is 0 Å². The third kappa shape index (κ3) is 3.43. The molecule has 22 heavy (non-hydrogen) atoms. The molecule has 1 heterocycles. The third-order valence-electron chi connectivity index (χ3n) is 3.50. The van der Waals surface area contributed by atoms with Crippen LogP contribution in [0.3, 0.4) is 0 Å². The molecule has 5 atom stereocenters. The van der Waals surface area contributed by atoms with Crippen LogP contribution in [0.5, 0.6) is 0 Å². The van der Waals surface area contributed by atoms with E-state index < -0.39 is 43.3 Å². The van der Waals surface area contributed by atoms with Gasteiger partial charge in [0.1, 0.15) is 24.4 Å². The number of rotatable bonds is 5. The van der Waals surface area contributed by atoms with E-state index in [0.717, 1.165) is 0 Å². The van der Waals surface area contributed by atoms with E-state index in [1.165, 1.54) is 6.07 Å². The number of aliphatic hydroxyl groups excluding tert-OH is 4. The number of ether oxygens (including phenoxy) is 2. The molecule has 0 aromatic heterocycles. The highest BCUT2D eigenvalue weighted by molar-refractivity contribution is 5.89. The van der Waals surface area contributed by atoms with Gasteiger partial charge in [-0.05, 0) is 11.6 Å². The minimum atomic E-state index is -1.54. The summed E-state index contributed by atoms with van der Waals surface area (Å²) >= 11 is 0. The number of hydrogen-bond acceptors (Lipinski definition) is 7. The molecule has 0 radical (unpaired) electrons. The summed E-state index contributed by atoms with van der Waals surface area (Å²) in [7, 11) is 0. The fraction of sp³-hybridized carbons (Fsp3) is 0.500. The van der Waals surface area contributed by atoms with Gasteiger partial charge in [-0.3, -0.25) is 0 Å². The Morgan fingerprint density at radius 1 is 1.14 bits per heavy atom. The lowest BCUT2D eigenvalue weighted by atomic mass is 9.99. The first-order valence-corrected chi connectivity index (χ1v) is 6.69. The molecule has 1 fully saturated rings. The fourth-order valence-corrected chi connectivity index (χ4v) is 2.23. The van der Waals surface area contributed by atoms with Gasteiger partial charge in [0.2, 0.25) is 0 Å². The van der Waals surface area contributed by atoms with Crippen LogP contribution < -0.4 is 0 Å². The van der Waals surface area contributed by atoms with Crippen LogP contribution in [-0.2, 0) is 16.1 Å². The average Bonchev–Trinajstić information content (AvgIpc) is 2.52. The minimum Gasteiger partial charge on any atom is -0.478 e. The molecule has 1 aromatic carbocycles. The second-order valence-electron chi connectivity index (χ2n) is 4.97. The molecule has 5 N–H and O–H groups in total. The van der Waals surface area contributed by atoms with Crippen molar-refractivity contribution in [2.45, 2.75) is 37.3 Å². The molecule has 1 aliphatic rings. The molecule has 0 saturated carbocycles. The second kappa shape index (κ2) is 7.14. The van der Waals surface area contributed by atoms with Gasteiger partial charge in [-0.25, -0.2) is 4.79 Å². The molecule has 0 bridgehead atoms. The summed E-state index contributed by atoms with van der Waals surface area (Å²) in [5.74, 6) is -1.12. The monoisotopic (exact) mass is 314 g/mol. The van der Waals surface area contributed by atoms with Crippen molar-refractivity contribution in [1.29, 1.82) is 0 Å². The van der Waals surface area contributed by atoms with Crippen LogP contribution in [0.2, 0.25) is 0 Å². The van der Waals surface area contributed by atoms with E-state index in [0.29, 0.717) is 5.56 Å². The first-order chi connectivity index (χ1) is 10.5. The summed E-state index contributed by atoms with van der Waals surface area (Å²) in [5.41, 5.74) is 0.416. The second-order valence-corrected chi connectivity index (χ2v) is 4.97. The van der Waals surface area contributed by atoms with Crippen molar-refractivity contribution in [1.82, 2.24) is 0 Å². The lowest BCUT2D eigenvalue weighted by Crippen LogP contribution is -2.59. The zero-order valence-electron chi connectivity index (χ0n) is 11.6. The first kappa shape index (κ1) is 16.8. The Kier molecular flexibility index (Phi) is 5.46. The Hall–Kier alpha value is -1.55. The normalized spacial score (nSPS) is 31.9. The topological polar surface area (TPSA) is 137 Å². The predicted octanol–water partition coefficient (Wildman–Crippen LogP) is -1.30. The van der Waals surface area contributed by atoms with Gasteiger partial charge in [0.05, 0.1) is 18.8 Å². The minimum absolute atomic E-state index is 0.0482. The zero-order chi connectivity index (χ0) is 16.3. The van der Waals surface area contributed by atoms with Gasteiger partial charge in [-0.1, -0.05) is 18.2 Å². The molecule has 8 nitrogen and oxygen atoms in total. The summed E-state index contributed by atoms with van der Waals surface area (Å²) in [5, 5.41) is 47.3. The fourth-order valence-electron chi connectivity index (χ4n) is 2.23. The smallest absolute Gasteiger partial charge is 0.336 e. The predicted molar refractivity (Wildman–Crippen MR) is 72.0 cm³/mol. The number of carboxylic acid groups (broad SMARTS) is 1. The van der Waals surface area contributed by atoms with Gasteiger partial charge in [0.15, 0.2) is 6.29 Å². The number of carboxylic acids is 1. The standard InChI is InChI=1S/C14H18O8/c15-5-9-10(16)11(17)12(18)14(22-9)21-6-7-3-1-2-4-8(7)13(19)20/h1-4,9-12,14-18H,5-6H2,(H,19,20)/t9-,10-,11+,12-,14-/m1/s1. The molecule has 2 rings (SSSR count). The van der Waals surface area contributed by atoms with Crippen LogP contribution in [0, 0.1) is 0 Å². The summed E-state index contributed by atoms with van der Waals surface area (Å²) in [6.45, 7) is -0.734. The molecule has 0 spiro atoms. The molecule has 1 aromatic rings. The molecule has 0 aliphatic carbocycles. The summed E-state index contributed by atoms with van der Waals surface area (Å²) in [6.07, 6.45) is -6.89. The third-order valence-corrected chi connectivity index (χ3v) is 3.50. The van der Waals surface area contributed by atoms with E-state index in [9.17, 15) is 20.1 Å². The van der Waals surface area contributed by atoms with Gasteiger partial charge in [-0.2, -0.15) is 0 Å². The van der Waals surface area contributed by atoms with E-state index in [1.807, 2.05) is 0 Å². The summed E-state index contributed by atoms with van der Waals surface area (Å²) in [4.78, 5) is 11.1. The maximum Gasteiger partial charge on any atom is 0.336 e. The van der Waals surface area contributed by atoms with Gasteiger partial charge < -0.3 is 35.0 Å². The highest BCUT2D eigenvalue weighted by Gasteiger charge is 2.44. The van der Waals surface area contributed by atoms with Crippen LogP contribution in [0.25, 0.3) is 0 Å². The lowest BCUT2D eigenvalue weighted by molar-refractivity contribution is -0.304. The Morgan fingerprint density at radius 3 is 2.45 bits per heavy atom. The van der Waals surface area contributed by atoms with Crippen LogP contribution in [0.1, 0.15) is 15.9 Å². The number of aliphatic hydroxyl groups is 4. The van der Waals surface area contributed by atoms with Crippen LogP contribution in [-0.4, -0.2) is 68.8 Å². The van der Waals surface area contributed by atoms with Gasteiger partial charge in [0.25, 0.3) is 0 Å². The molecule has 0 amide bonds. The molecule has 8 heteroatoms. The van der Waals surface area contributed by atoms with E-state index in [-0.39, 0.29) is 12.2 Å². The van der Waals surface area contributed by atoms with Crippen LogP contribution >= 0.6 is 0 Å². The molecule has 1 saturated heterocycles. The van der Waals surface area contributed by atoms with Crippen molar-refractivity contribution in [2.75, 3.05) is 6.61 Å². The molecular weight excluding hydrogens is 296 g/mol. The van der Waals surface area contributed by atoms with Crippen molar-refractivity contribution in [3.63, 3.8) is 0 Å².